The lowest BCUT2D eigenvalue weighted by Gasteiger charge is -2.24. The van der Waals surface area contributed by atoms with Gasteiger partial charge >= 0.3 is 0 Å². The van der Waals surface area contributed by atoms with Gasteiger partial charge in [-0.15, -0.1) is 0 Å². The fraction of sp³-hybridized carbons (Fsp3) is 0.444. The molecule has 130 valence electrons. The maximum atomic E-state index is 12.8. The van der Waals surface area contributed by atoms with Gasteiger partial charge < -0.3 is 10.2 Å². The van der Waals surface area contributed by atoms with E-state index in [0.717, 1.165) is 19.3 Å². The van der Waals surface area contributed by atoms with Crippen molar-refractivity contribution >= 4 is 22.8 Å². The molecule has 1 aromatic carbocycles. The number of hydrogen-bond acceptors (Lipinski definition) is 4. The van der Waals surface area contributed by atoms with Crippen LogP contribution in [0, 0.1) is 0 Å². The van der Waals surface area contributed by atoms with Crippen molar-refractivity contribution < 1.29 is 9.59 Å². The van der Waals surface area contributed by atoms with Gasteiger partial charge in [0.15, 0.2) is 0 Å². The normalized spacial score (nSPS) is 20.0. The summed E-state index contributed by atoms with van der Waals surface area (Å²) in [6.07, 6.45) is 4.75. The minimum Gasteiger partial charge on any atom is -0.352 e. The summed E-state index contributed by atoms with van der Waals surface area (Å²) in [6.45, 7) is 0.481. The Morgan fingerprint density at radius 2 is 2.00 bits per heavy atom. The molecule has 1 unspecified atom stereocenters. The molecule has 1 aliphatic heterocycles. The number of aromatic nitrogens is 2. The molecular formula is C18H20N4O3. The SMILES string of the molecule is O=C(NC1CC1)C1CCCN1C(=O)Cn1c(=O)cnc2ccccc21. The average Bonchev–Trinajstić information content (AvgIpc) is 3.28. The lowest BCUT2D eigenvalue weighted by molar-refractivity contribution is -0.138. The summed E-state index contributed by atoms with van der Waals surface area (Å²) in [5.41, 5.74) is 0.978. The van der Waals surface area contributed by atoms with E-state index >= 15 is 0 Å². The Hall–Kier alpha value is -2.70. The summed E-state index contributed by atoms with van der Waals surface area (Å²) in [7, 11) is 0. The highest BCUT2D eigenvalue weighted by molar-refractivity contribution is 5.89. The van der Waals surface area contributed by atoms with Gasteiger partial charge in [0, 0.05) is 12.6 Å². The number of likely N-dealkylation sites (tertiary alicyclic amines) is 1. The first kappa shape index (κ1) is 15.8. The Labute approximate surface area is 144 Å². The van der Waals surface area contributed by atoms with Crippen LogP contribution in [0.15, 0.2) is 35.3 Å². The molecule has 1 aliphatic carbocycles. The van der Waals surface area contributed by atoms with Crippen LogP contribution in [0.5, 0.6) is 0 Å². The third-order valence-electron chi connectivity index (χ3n) is 4.85. The Balaban J connectivity index is 1.56. The molecule has 7 nitrogen and oxygen atoms in total. The van der Waals surface area contributed by atoms with Gasteiger partial charge in [0.2, 0.25) is 11.8 Å². The van der Waals surface area contributed by atoms with Gasteiger partial charge in [-0.05, 0) is 37.8 Å². The number of amides is 2. The molecule has 2 heterocycles. The van der Waals surface area contributed by atoms with E-state index in [-0.39, 0.29) is 30.0 Å². The smallest absolute Gasteiger partial charge is 0.269 e. The van der Waals surface area contributed by atoms with Gasteiger partial charge in [-0.1, -0.05) is 12.1 Å². The van der Waals surface area contributed by atoms with Crippen LogP contribution >= 0.6 is 0 Å². The molecule has 0 spiro atoms. The largest absolute Gasteiger partial charge is 0.352 e. The van der Waals surface area contributed by atoms with Crippen molar-refractivity contribution in [2.24, 2.45) is 0 Å². The fourth-order valence-corrected chi connectivity index (χ4v) is 3.37. The second-order valence-corrected chi connectivity index (χ2v) is 6.70. The first-order valence-electron chi connectivity index (χ1n) is 8.68. The third kappa shape index (κ3) is 3.14. The van der Waals surface area contributed by atoms with Crippen LogP contribution in [0.4, 0.5) is 0 Å². The van der Waals surface area contributed by atoms with Crippen LogP contribution in [-0.4, -0.2) is 44.9 Å². The molecule has 25 heavy (non-hydrogen) atoms. The zero-order valence-electron chi connectivity index (χ0n) is 13.9. The van der Waals surface area contributed by atoms with E-state index < -0.39 is 6.04 Å². The molecule has 7 heteroatoms. The zero-order chi connectivity index (χ0) is 17.4. The van der Waals surface area contributed by atoms with Crippen LogP contribution in [0.2, 0.25) is 0 Å². The van der Waals surface area contributed by atoms with Crippen LogP contribution in [0.1, 0.15) is 25.7 Å². The zero-order valence-corrected chi connectivity index (χ0v) is 13.9. The molecule has 2 aromatic rings. The van der Waals surface area contributed by atoms with Crippen LogP contribution in [-0.2, 0) is 16.1 Å². The first-order chi connectivity index (χ1) is 12.1. The molecular weight excluding hydrogens is 320 g/mol. The van der Waals surface area contributed by atoms with Crippen molar-refractivity contribution in [1.82, 2.24) is 19.8 Å². The highest BCUT2D eigenvalue weighted by Crippen LogP contribution is 2.22. The van der Waals surface area contributed by atoms with Crippen molar-refractivity contribution in [3.63, 3.8) is 0 Å². The molecule has 2 fully saturated rings. The second-order valence-electron chi connectivity index (χ2n) is 6.70. The van der Waals surface area contributed by atoms with Crippen LogP contribution in [0.25, 0.3) is 11.0 Å². The molecule has 4 rings (SSSR count). The van der Waals surface area contributed by atoms with Gasteiger partial charge in [0.25, 0.3) is 5.56 Å². The maximum Gasteiger partial charge on any atom is 0.269 e. The van der Waals surface area contributed by atoms with Crippen molar-refractivity contribution in [3.05, 3.63) is 40.8 Å². The third-order valence-corrected chi connectivity index (χ3v) is 4.85. The summed E-state index contributed by atoms with van der Waals surface area (Å²) < 4.78 is 1.43. The molecule has 1 aromatic heterocycles. The molecule has 1 saturated heterocycles. The predicted octanol–water partition coefficient (Wildman–Crippen LogP) is 0.666. The van der Waals surface area contributed by atoms with E-state index in [1.165, 1.54) is 10.8 Å². The van der Waals surface area contributed by atoms with Crippen molar-refractivity contribution in [2.75, 3.05) is 6.54 Å². The summed E-state index contributed by atoms with van der Waals surface area (Å²) >= 11 is 0. The maximum absolute atomic E-state index is 12.8. The highest BCUT2D eigenvalue weighted by Gasteiger charge is 2.36. The Morgan fingerprint density at radius 3 is 2.80 bits per heavy atom. The number of nitrogens with zero attached hydrogens (tertiary/aromatic N) is 3. The van der Waals surface area contributed by atoms with E-state index in [4.69, 9.17) is 0 Å². The lowest BCUT2D eigenvalue weighted by atomic mass is 10.2. The Morgan fingerprint density at radius 1 is 1.20 bits per heavy atom. The molecule has 1 atom stereocenters. The molecule has 0 bridgehead atoms. The monoisotopic (exact) mass is 340 g/mol. The minimum absolute atomic E-state index is 0.0692. The van der Waals surface area contributed by atoms with Gasteiger partial charge in [-0.3, -0.25) is 19.0 Å². The molecule has 1 N–H and O–H groups in total. The van der Waals surface area contributed by atoms with E-state index in [1.54, 1.807) is 17.0 Å². The minimum atomic E-state index is -0.420. The Bertz CT molecular complexity index is 887. The quantitative estimate of drug-likeness (QED) is 0.886. The number of hydrogen-bond donors (Lipinski definition) is 1. The van der Waals surface area contributed by atoms with Gasteiger partial charge in [0.05, 0.1) is 17.2 Å². The molecule has 1 saturated carbocycles. The highest BCUT2D eigenvalue weighted by atomic mass is 16.2. The second kappa shape index (κ2) is 6.31. The number of nitrogens with one attached hydrogen (secondary N) is 1. The van der Waals surface area contributed by atoms with E-state index in [0.29, 0.717) is 24.0 Å². The Kier molecular flexibility index (Phi) is 3.99. The number of benzene rings is 1. The predicted molar refractivity (Wildman–Crippen MR) is 91.9 cm³/mol. The standard InChI is InChI=1S/C18H20N4O3/c23-16-10-19-13-4-1-2-5-14(13)22(16)11-17(24)21-9-3-6-15(21)18(25)20-12-7-8-12/h1-2,4-5,10,12,15H,3,6-9,11H2,(H,20,25). The molecule has 0 radical (unpaired) electrons. The van der Waals surface area contributed by atoms with Crippen molar-refractivity contribution in [1.29, 1.82) is 0 Å². The topological polar surface area (TPSA) is 84.3 Å². The number of carbonyl (C=O) groups excluding carboxylic acids is 2. The first-order valence-corrected chi connectivity index (χ1v) is 8.68. The van der Waals surface area contributed by atoms with Crippen molar-refractivity contribution in [3.8, 4) is 0 Å². The van der Waals surface area contributed by atoms with E-state index in [2.05, 4.69) is 10.3 Å². The fourth-order valence-electron chi connectivity index (χ4n) is 3.37. The number of fused-ring (bicyclic) bond motifs is 1. The lowest BCUT2D eigenvalue weighted by Crippen LogP contribution is -2.48. The van der Waals surface area contributed by atoms with Gasteiger partial charge in [-0.25, -0.2) is 4.98 Å². The number of para-hydroxylation sites is 2. The van der Waals surface area contributed by atoms with E-state index in [9.17, 15) is 14.4 Å². The molecule has 2 aliphatic rings. The molecule has 2 amide bonds. The van der Waals surface area contributed by atoms with Gasteiger partial charge in [-0.2, -0.15) is 0 Å². The van der Waals surface area contributed by atoms with Crippen LogP contribution < -0.4 is 10.9 Å². The summed E-state index contributed by atoms with van der Waals surface area (Å²) in [4.78, 5) is 43.1. The average molecular weight is 340 g/mol. The van der Waals surface area contributed by atoms with E-state index in [1.807, 2.05) is 12.1 Å². The van der Waals surface area contributed by atoms with Gasteiger partial charge in [0.1, 0.15) is 12.6 Å². The number of carbonyl (C=O) groups is 2. The van der Waals surface area contributed by atoms with Crippen LogP contribution in [0.3, 0.4) is 0 Å². The van der Waals surface area contributed by atoms with Crippen molar-refractivity contribution in [2.45, 2.75) is 44.3 Å². The summed E-state index contributed by atoms with van der Waals surface area (Å²) in [6, 6.07) is 7.08. The summed E-state index contributed by atoms with van der Waals surface area (Å²) in [5.74, 6) is -0.271. The summed E-state index contributed by atoms with van der Waals surface area (Å²) in [5, 5.41) is 2.97. The number of rotatable bonds is 4.